The predicted molar refractivity (Wildman–Crippen MR) is 130 cm³/mol. The fourth-order valence-corrected chi connectivity index (χ4v) is 6.74. The Morgan fingerprint density at radius 2 is 2.13 bits per heavy atom. The second-order valence-electron chi connectivity index (χ2n) is 10.9. The summed E-state index contributed by atoms with van der Waals surface area (Å²) in [6.45, 7) is 2.24. The lowest BCUT2D eigenvalue weighted by Crippen LogP contribution is -2.51. The van der Waals surface area contributed by atoms with E-state index in [-0.39, 0.29) is 37.2 Å². The number of carbonyl (C=O) groups is 2. The van der Waals surface area contributed by atoms with Crippen LogP contribution in [0.25, 0.3) is 0 Å². The second-order valence-corrected chi connectivity index (χ2v) is 10.9. The average molecular weight is 535 g/mol. The molecule has 1 saturated carbocycles. The van der Waals surface area contributed by atoms with Crippen molar-refractivity contribution in [2.24, 2.45) is 11.3 Å². The van der Waals surface area contributed by atoms with Gasteiger partial charge in [0.15, 0.2) is 0 Å². The van der Waals surface area contributed by atoms with Crippen LogP contribution in [0.15, 0.2) is 12.3 Å². The molecule has 1 N–H and O–H groups in total. The van der Waals surface area contributed by atoms with Gasteiger partial charge in [0.05, 0.1) is 24.2 Å². The number of likely N-dealkylation sites (tertiary alicyclic amines) is 1. The molecule has 1 aromatic rings. The molecule has 3 aliphatic heterocycles. The highest BCUT2D eigenvalue weighted by Gasteiger charge is 2.55. The van der Waals surface area contributed by atoms with E-state index in [1.807, 2.05) is 0 Å². The Kier molecular flexibility index (Phi) is 7.42. The third kappa shape index (κ3) is 5.14. The smallest absolute Gasteiger partial charge is 0.379 e. The van der Waals surface area contributed by atoms with Gasteiger partial charge in [0, 0.05) is 75.7 Å². The van der Waals surface area contributed by atoms with Crippen molar-refractivity contribution in [3.05, 3.63) is 29.1 Å². The summed E-state index contributed by atoms with van der Waals surface area (Å²) in [4.78, 5) is 33.6. The summed E-state index contributed by atoms with van der Waals surface area (Å²) in [6.07, 6.45) is 5.22. The van der Waals surface area contributed by atoms with Gasteiger partial charge in [-0.05, 0) is 43.2 Å². The summed E-state index contributed by atoms with van der Waals surface area (Å²) in [5.74, 6) is 1.13. The predicted octanol–water partition coefficient (Wildman–Crippen LogP) is 2.01. The Morgan fingerprint density at radius 3 is 2.87 bits per heavy atom. The molecule has 3 fully saturated rings. The quantitative estimate of drug-likeness (QED) is 0.596. The molecular formula is C27H33F3N4O4. The van der Waals surface area contributed by atoms with E-state index in [0.29, 0.717) is 50.4 Å². The number of nitrogens with one attached hydrogen (secondary N) is 1. The summed E-state index contributed by atoms with van der Waals surface area (Å²) >= 11 is 0. The van der Waals surface area contributed by atoms with E-state index in [1.54, 1.807) is 16.9 Å². The molecule has 1 spiro atoms. The highest BCUT2D eigenvalue weighted by molar-refractivity contribution is 5.94. The third-order valence-corrected chi connectivity index (χ3v) is 8.74. The van der Waals surface area contributed by atoms with Crippen molar-refractivity contribution in [3.8, 4) is 12.3 Å². The monoisotopic (exact) mass is 534 g/mol. The Hall–Kier alpha value is -2.68. The fourth-order valence-electron chi connectivity index (χ4n) is 6.74. The topological polar surface area (TPSA) is 84.0 Å². The van der Waals surface area contributed by atoms with Crippen LogP contribution >= 0.6 is 0 Å². The van der Waals surface area contributed by atoms with E-state index in [2.05, 4.69) is 16.2 Å². The molecule has 0 bridgehead atoms. The molecule has 2 amide bonds. The molecule has 0 aromatic carbocycles. The lowest BCUT2D eigenvalue weighted by atomic mass is 9.75. The number of hydrogen-bond acceptors (Lipinski definition) is 6. The van der Waals surface area contributed by atoms with Crippen molar-refractivity contribution < 1.29 is 32.2 Å². The standard InChI is InChI=1S/C27H33F3N4O4/c1-3-24(35)34-14-20(25(36)33-8-5-21-17(13-33)10-18(12-31-21)27(28,29)30)26(16-34)7-4-19(11-26)32-22-6-9-38-15-23(22)37-2/h1,10,12,19-20,22-23,32H,4-9,11,13-16H2,2H3. The van der Waals surface area contributed by atoms with Crippen molar-refractivity contribution in [2.45, 2.75) is 63.0 Å². The zero-order valence-corrected chi connectivity index (χ0v) is 21.4. The third-order valence-electron chi connectivity index (χ3n) is 8.74. The number of halogens is 3. The van der Waals surface area contributed by atoms with E-state index in [1.165, 1.54) is 0 Å². The van der Waals surface area contributed by atoms with Crippen LogP contribution in [0, 0.1) is 23.7 Å². The van der Waals surface area contributed by atoms with Gasteiger partial charge in [-0.3, -0.25) is 14.6 Å². The van der Waals surface area contributed by atoms with Crippen LogP contribution in [-0.4, -0.2) is 84.7 Å². The Balaban J connectivity index is 1.34. The van der Waals surface area contributed by atoms with Crippen molar-refractivity contribution in [2.75, 3.05) is 40.0 Å². The number of amides is 2. The van der Waals surface area contributed by atoms with E-state index in [9.17, 15) is 22.8 Å². The van der Waals surface area contributed by atoms with Crippen molar-refractivity contribution >= 4 is 11.8 Å². The van der Waals surface area contributed by atoms with Crippen LogP contribution in [0.3, 0.4) is 0 Å². The minimum Gasteiger partial charge on any atom is -0.379 e. The van der Waals surface area contributed by atoms with Gasteiger partial charge < -0.3 is 24.6 Å². The molecule has 38 heavy (non-hydrogen) atoms. The Labute approximate surface area is 220 Å². The van der Waals surface area contributed by atoms with Crippen LogP contribution in [0.1, 0.15) is 42.5 Å². The highest BCUT2D eigenvalue weighted by atomic mass is 19.4. The minimum atomic E-state index is -4.50. The number of nitrogens with zero attached hydrogens (tertiary/aromatic N) is 3. The molecule has 1 aliphatic carbocycles. The second kappa shape index (κ2) is 10.5. The number of terminal acetylenes is 1. The lowest BCUT2D eigenvalue weighted by molar-refractivity contribution is -0.139. The molecule has 5 atom stereocenters. The summed E-state index contributed by atoms with van der Waals surface area (Å²) in [7, 11) is 1.67. The normalized spacial score (nSPS) is 31.3. The van der Waals surface area contributed by atoms with Gasteiger partial charge in [-0.2, -0.15) is 13.2 Å². The number of alkyl halides is 3. The van der Waals surface area contributed by atoms with Gasteiger partial charge in [0.25, 0.3) is 5.91 Å². The lowest BCUT2D eigenvalue weighted by Gasteiger charge is -2.36. The summed E-state index contributed by atoms with van der Waals surface area (Å²) in [6, 6.07) is 1.38. The number of hydrogen-bond donors (Lipinski definition) is 1. The maximum atomic E-state index is 13.9. The first-order chi connectivity index (χ1) is 18.1. The van der Waals surface area contributed by atoms with Crippen LogP contribution in [-0.2, 0) is 38.2 Å². The zero-order chi connectivity index (χ0) is 27.1. The molecular weight excluding hydrogens is 501 g/mol. The molecule has 4 aliphatic rings. The minimum absolute atomic E-state index is 0.0514. The number of rotatable bonds is 4. The van der Waals surface area contributed by atoms with E-state index in [4.69, 9.17) is 15.9 Å². The fraction of sp³-hybridized carbons (Fsp3) is 0.667. The van der Waals surface area contributed by atoms with Crippen molar-refractivity contribution in [1.29, 1.82) is 0 Å². The SMILES string of the molecule is C#CC(=O)N1CC(C(=O)N2CCc3ncc(C(F)(F)F)cc3C2)C2(CCC(NC3CCOCC3OC)C2)C1. The molecule has 5 rings (SSSR count). The molecule has 206 valence electrons. The maximum Gasteiger partial charge on any atom is 0.417 e. The molecule has 5 unspecified atom stereocenters. The van der Waals surface area contributed by atoms with E-state index < -0.39 is 29.0 Å². The number of aromatic nitrogens is 1. The Bertz CT molecular complexity index is 1120. The van der Waals surface area contributed by atoms with E-state index >= 15 is 0 Å². The maximum absolute atomic E-state index is 13.9. The number of ether oxygens (including phenoxy) is 2. The number of fused-ring (bicyclic) bond motifs is 1. The Morgan fingerprint density at radius 1 is 1.32 bits per heavy atom. The van der Waals surface area contributed by atoms with Crippen molar-refractivity contribution in [1.82, 2.24) is 20.1 Å². The van der Waals surface area contributed by atoms with Gasteiger partial charge >= 0.3 is 6.18 Å². The van der Waals surface area contributed by atoms with Gasteiger partial charge in [0.2, 0.25) is 5.91 Å². The first-order valence-electron chi connectivity index (χ1n) is 13.1. The average Bonchev–Trinajstić information content (AvgIpc) is 3.50. The van der Waals surface area contributed by atoms with Crippen LogP contribution in [0.2, 0.25) is 0 Å². The first-order valence-corrected chi connectivity index (χ1v) is 13.1. The summed E-state index contributed by atoms with van der Waals surface area (Å²) in [5.41, 5.74) is -0.261. The van der Waals surface area contributed by atoms with Gasteiger partial charge in [-0.15, -0.1) is 6.42 Å². The van der Waals surface area contributed by atoms with Crippen molar-refractivity contribution in [3.63, 3.8) is 0 Å². The molecule has 11 heteroatoms. The van der Waals surface area contributed by atoms with Crippen LogP contribution in [0.4, 0.5) is 13.2 Å². The van der Waals surface area contributed by atoms with Gasteiger partial charge in [0.1, 0.15) is 0 Å². The number of pyridine rings is 1. The van der Waals surface area contributed by atoms with Gasteiger partial charge in [-0.25, -0.2) is 0 Å². The first kappa shape index (κ1) is 26.9. The molecule has 4 heterocycles. The summed E-state index contributed by atoms with van der Waals surface area (Å²) in [5, 5.41) is 3.71. The largest absolute Gasteiger partial charge is 0.417 e. The van der Waals surface area contributed by atoms with E-state index in [0.717, 1.165) is 31.5 Å². The van der Waals surface area contributed by atoms with Crippen LogP contribution in [0.5, 0.6) is 0 Å². The molecule has 1 aromatic heterocycles. The highest BCUT2D eigenvalue weighted by Crippen LogP contribution is 2.50. The number of carbonyl (C=O) groups excluding carboxylic acids is 2. The van der Waals surface area contributed by atoms with Gasteiger partial charge in [-0.1, -0.05) is 0 Å². The van der Waals surface area contributed by atoms with Crippen LogP contribution < -0.4 is 5.32 Å². The molecule has 0 radical (unpaired) electrons. The molecule has 2 saturated heterocycles. The number of methoxy groups -OCH3 is 1. The summed E-state index contributed by atoms with van der Waals surface area (Å²) < 4.78 is 50.9. The molecule has 8 nitrogen and oxygen atoms in total. The zero-order valence-electron chi connectivity index (χ0n) is 21.4.